The quantitative estimate of drug-likeness (QED) is 0.705. The van der Waals surface area contributed by atoms with Crippen LogP contribution >= 0.6 is 11.3 Å². The molecule has 20 heavy (non-hydrogen) atoms. The SMILES string of the molecule is CNC(=O)c1sc(NC(C)COC)c(S(C)(=O)=O)c1N. The predicted octanol–water partition coefficient (Wildman–Crippen LogP) is 0.540. The number of sulfone groups is 1. The Kier molecular flexibility index (Phi) is 5.37. The van der Waals surface area contributed by atoms with Crippen LogP contribution in [0.25, 0.3) is 0 Å². The third kappa shape index (κ3) is 3.62. The number of hydrogen-bond donors (Lipinski definition) is 3. The minimum atomic E-state index is -3.54. The van der Waals surface area contributed by atoms with Gasteiger partial charge in [0.25, 0.3) is 5.91 Å². The first-order chi connectivity index (χ1) is 9.22. The van der Waals surface area contributed by atoms with Crippen LogP contribution in [-0.4, -0.2) is 47.4 Å². The number of carbonyl (C=O) groups excluding carboxylic acids is 1. The zero-order valence-electron chi connectivity index (χ0n) is 11.8. The Morgan fingerprint density at radius 1 is 1.50 bits per heavy atom. The lowest BCUT2D eigenvalue weighted by molar-refractivity contribution is 0.0968. The molecule has 0 radical (unpaired) electrons. The van der Waals surface area contributed by atoms with E-state index in [1.54, 1.807) is 7.11 Å². The molecule has 0 spiro atoms. The molecular weight excluding hydrogens is 302 g/mol. The molecule has 0 aliphatic heterocycles. The standard InChI is InChI=1S/C11H19N3O4S2/c1-6(5-18-3)14-11-9(20(4,16)17)7(12)8(19-11)10(15)13-2/h6,14H,5,12H2,1-4H3,(H,13,15). The van der Waals surface area contributed by atoms with Gasteiger partial charge in [0.2, 0.25) is 0 Å². The summed E-state index contributed by atoms with van der Waals surface area (Å²) in [4.78, 5) is 11.9. The van der Waals surface area contributed by atoms with E-state index in [0.717, 1.165) is 17.6 Å². The number of nitrogen functional groups attached to an aromatic ring is 1. The molecule has 0 aliphatic carbocycles. The van der Waals surface area contributed by atoms with Crippen LogP contribution in [0.5, 0.6) is 0 Å². The Morgan fingerprint density at radius 3 is 2.55 bits per heavy atom. The van der Waals surface area contributed by atoms with Crippen molar-refractivity contribution in [2.75, 3.05) is 38.1 Å². The van der Waals surface area contributed by atoms with Crippen molar-refractivity contribution in [2.45, 2.75) is 17.9 Å². The normalized spacial score (nSPS) is 13.0. The van der Waals surface area contributed by atoms with Crippen molar-refractivity contribution >= 4 is 37.8 Å². The van der Waals surface area contributed by atoms with Gasteiger partial charge < -0.3 is 21.1 Å². The van der Waals surface area contributed by atoms with Crippen molar-refractivity contribution in [3.8, 4) is 0 Å². The molecule has 4 N–H and O–H groups in total. The number of rotatable bonds is 6. The van der Waals surface area contributed by atoms with Gasteiger partial charge in [0, 0.05) is 26.5 Å². The third-order valence-corrected chi connectivity index (χ3v) is 4.93. The Balaban J connectivity index is 3.32. The smallest absolute Gasteiger partial charge is 0.263 e. The van der Waals surface area contributed by atoms with Crippen LogP contribution < -0.4 is 16.4 Å². The van der Waals surface area contributed by atoms with Crippen LogP contribution in [0, 0.1) is 0 Å². The summed E-state index contributed by atoms with van der Waals surface area (Å²) in [6.45, 7) is 2.24. The summed E-state index contributed by atoms with van der Waals surface area (Å²) in [6.07, 6.45) is 1.06. The number of amides is 1. The number of anilines is 2. The molecule has 0 fully saturated rings. The minimum absolute atomic E-state index is 0.0241. The average Bonchev–Trinajstić information content (AvgIpc) is 2.65. The van der Waals surface area contributed by atoms with Crippen molar-refractivity contribution in [2.24, 2.45) is 0 Å². The van der Waals surface area contributed by atoms with Crippen molar-refractivity contribution in [1.29, 1.82) is 0 Å². The molecule has 0 aliphatic rings. The highest BCUT2D eigenvalue weighted by molar-refractivity contribution is 7.91. The molecule has 0 saturated carbocycles. The molecule has 9 heteroatoms. The molecule has 1 amide bonds. The summed E-state index contributed by atoms with van der Waals surface area (Å²) in [5.74, 6) is -0.412. The molecule has 1 unspecified atom stereocenters. The summed E-state index contributed by atoms with van der Waals surface area (Å²) in [5, 5.41) is 5.80. The number of thiophene rings is 1. The first-order valence-electron chi connectivity index (χ1n) is 5.82. The highest BCUT2D eigenvalue weighted by Crippen LogP contribution is 2.39. The number of ether oxygens (including phenoxy) is 1. The summed E-state index contributed by atoms with van der Waals surface area (Å²) < 4.78 is 28.7. The van der Waals surface area contributed by atoms with Gasteiger partial charge in [-0.15, -0.1) is 11.3 Å². The van der Waals surface area contributed by atoms with E-state index in [-0.39, 0.29) is 21.5 Å². The van der Waals surface area contributed by atoms with E-state index in [2.05, 4.69) is 10.6 Å². The van der Waals surface area contributed by atoms with Crippen molar-refractivity contribution in [3.05, 3.63) is 4.88 Å². The van der Waals surface area contributed by atoms with Gasteiger partial charge in [0.15, 0.2) is 9.84 Å². The maximum absolute atomic E-state index is 11.9. The van der Waals surface area contributed by atoms with Gasteiger partial charge in [-0.2, -0.15) is 0 Å². The highest BCUT2D eigenvalue weighted by atomic mass is 32.2. The van der Waals surface area contributed by atoms with E-state index in [4.69, 9.17) is 10.5 Å². The third-order valence-electron chi connectivity index (χ3n) is 2.50. The van der Waals surface area contributed by atoms with Crippen molar-refractivity contribution < 1.29 is 17.9 Å². The van der Waals surface area contributed by atoms with E-state index in [9.17, 15) is 13.2 Å². The minimum Gasteiger partial charge on any atom is -0.396 e. The molecule has 0 saturated heterocycles. The molecule has 1 atom stereocenters. The van der Waals surface area contributed by atoms with Crippen LogP contribution in [0.4, 0.5) is 10.7 Å². The predicted molar refractivity (Wildman–Crippen MR) is 80.2 cm³/mol. The Labute approximate surface area is 122 Å². The second-order valence-corrected chi connectivity index (χ2v) is 7.33. The van der Waals surface area contributed by atoms with Crippen LogP contribution in [0.15, 0.2) is 4.90 Å². The molecule has 1 aromatic heterocycles. The summed E-state index contributed by atoms with van der Waals surface area (Å²) in [7, 11) is -0.533. The molecule has 0 bridgehead atoms. The van der Waals surface area contributed by atoms with Gasteiger partial charge in [0.1, 0.15) is 14.8 Å². The molecule has 7 nitrogen and oxygen atoms in total. The second-order valence-electron chi connectivity index (χ2n) is 4.36. The van der Waals surface area contributed by atoms with Crippen molar-refractivity contribution in [3.63, 3.8) is 0 Å². The molecule has 1 aromatic rings. The first-order valence-corrected chi connectivity index (χ1v) is 8.53. The monoisotopic (exact) mass is 321 g/mol. The Hall–Kier alpha value is -1.32. The van der Waals surface area contributed by atoms with Gasteiger partial charge in [-0.25, -0.2) is 8.42 Å². The average molecular weight is 321 g/mol. The van der Waals surface area contributed by atoms with Crippen molar-refractivity contribution in [1.82, 2.24) is 5.32 Å². The number of carbonyl (C=O) groups is 1. The second kappa shape index (κ2) is 6.42. The lowest BCUT2D eigenvalue weighted by Gasteiger charge is -2.13. The summed E-state index contributed by atoms with van der Waals surface area (Å²) in [6, 6.07) is -0.115. The fraction of sp³-hybridized carbons (Fsp3) is 0.545. The molecule has 1 rings (SSSR count). The number of methoxy groups -OCH3 is 1. The Bertz CT molecular complexity index is 595. The van der Waals surface area contributed by atoms with Gasteiger partial charge in [-0.3, -0.25) is 4.79 Å². The zero-order valence-corrected chi connectivity index (χ0v) is 13.4. The van der Waals surface area contributed by atoms with Crippen LogP contribution in [0.2, 0.25) is 0 Å². The lowest BCUT2D eigenvalue weighted by atomic mass is 10.3. The molecule has 1 heterocycles. The van der Waals surface area contributed by atoms with Gasteiger partial charge in [0.05, 0.1) is 12.3 Å². The fourth-order valence-electron chi connectivity index (χ4n) is 1.69. The molecule has 0 aromatic carbocycles. The fourth-order valence-corrected chi connectivity index (χ4v) is 4.30. The van der Waals surface area contributed by atoms with Gasteiger partial charge in [-0.1, -0.05) is 0 Å². The Morgan fingerprint density at radius 2 is 2.10 bits per heavy atom. The number of nitrogens with one attached hydrogen (secondary N) is 2. The van der Waals surface area contributed by atoms with E-state index in [1.807, 2.05) is 6.92 Å². The maximum atomic E-state index is 11.9. The number of hydrogen-bond acceptors (Lipinski definition) is 7. The van der Waals surface area contributed by atoms with E-state index < -0.39 is 15.7 Å². The largest absolute Gasteiger partial charge is 0.396 e. The van der Waals surface area contributed by atoms with Gasteiger partial charge in [-0.05, 0) is 6.92 Å². The maximum Gasteiger partial charge on any atom is 0.263 e. The summed E-state index contributed by atoms with van der Waals surface area (Å²) >= 11 is 1.02. The van der Waals surface area contributed by atoms with Crippen LogP contribution in [0.3, 0.4) is 0 Å². The highest BCUT2D eigenvalue weighted by Gasteiger charge is 2.27. The summed E-state index contributed by atoms with van der Waals surface area (Å²) in [5.41, 5.74) is 5.79. The molecular formula is C11H19N3O4S2. The topological polar surface area (TPSA) is 111 Å². The number of nitrogens with two attached hydrogens (primary N) is 1. The molecule has 114 valence electrons. The van der Waals surface area contributed by atoms with E-state index in [1.165, 1.54) is 7.05 Å². The first kappa shape index (κ1) is 16.7. The lowest BCUT2D eigenvalue weighted by Crippen LogP contribution is -2.21. The van der Waals surface area contributed by atoms with Crippen LogP contribution in [-0.2, 0) is 14.6 Å². The van der Waals surface area contributed by atoms with Crippen LogP contribution in [0.1, 0.15) is 16.6 Å². The van der Waals surface area contributed by atoms with Gasteiger partial charge >= 0.3 is 0 Å². The zero-order chi connectivity index (χ0) is 15.5. The van der Waals surface area contributed by atoms with E-state index >= 15 is 0 Å². The van der Waals surface area contributed by atoms with E-state index in [0.29, 0.717) is 11.6 Å².